The Morgan fingerprint density at radius 1 is 1.37 bits per heavy atom. The van der Waals surface area contributed by atoms with Gasteiger partial charge in [-0.05, 0) is 31.2 Å². The first-order valence-electron chi connectivity index (χ1n) is 6.23. The van der Waals surface area contributed by atoms with Gasteiger partial charge >= 0.3 is 0 Å². The van der Waals surface area contributed by atoms with E-state index in [1.165, 1.54) is 0 Å². The molecule has 3 heterocycles. The lowest BCUT2D eigenvalue weighted by Crippen LogP contribution is -2.07. The summed E-state index contributed by atoms with van der Waals surface area (Å²) in [4.78, 5) is 8.95. The van der Waals surface area contributed by atoms with E-state index < -0.39 is 0 Å². The predicted octanol–water partition coefficient (Wildman–Crippen LogP) is 3.57. The fraction of sp³-hybridized carbons (Fsp3) is 0.286. The van der Waals surface area contributed by atoms with Crippen LogP contribution in [0.15, 0.2) is 41.1 Å². The number of hydrogen-bond donors (Lipinski definition) is 0. The molecule has 1 unspecified atom stereocenters. The van der Waals surface area contributed by atoms with Crippen molar-refractivity contribution in [1.82, 2.24) is 14.5 Å². The zero-order chi connectivity index (χ0) is 13.2. The molecule has 3 aromatic rings. The van der Waals surface area contributed by atoms with Crippen molar-refractivity contribution in [1.29, 1.82) is 0 Å². The fourth-order valence-electron chi connectivity index (χ4n) is 2.18. The second-order valence-electron chi connectivity index (χ2n) is 4.41. The van der Waals surface area contributed by atoms with Crippen molar-refractivity contribution in [3.8, 4) is 0 Å². The summed E-state index contributed by atoms with van der Waals surface area (Å²) in [5.74, 6) is 1.80. The van der Waals surface area contributed by atoms with E-state index in [9.17, 15) is 0 Å². The summed E-state index contributed by atoms with van der Waals surface area (Å²) in [5, 5.41) is -0.147. The van der Waals surface area contributed by atoms with Crippen LogP contribution in [-0.2, 0) is 13.0 Å². The van der Waals surface area contributed by atoms with Gasteiger partial charge < -0.3 is 8.98 Å². The van der Waals surface area contributed by atoms with Crippen LogP contribution in [0.3, 0.4) is 0 Å². The van der Waals surface area contributed by atoms with Gasteiger partial charge in [0, 0.05) is 19.2 Å². The van der Waals surface area contributed by atoms with Crippen LogP contribution in [0, 0.1) is 0 Å². The molecule has 0 spiro atoms. The number of alkyl halides is 1. The molecule has 0 fully saturated rings. The molecule has 19 heavy (non-hydrogen) atoms. The Morgan fingerprint density at radius 2 is 2.26 bits per heavy atom. The Hall–Kier alpha value is -1.81. The maximum absolute atomic E-state index is 6.21. The van der Waals surface area contributed by atoms with Gasteiger partial charge in [0.15, 0.2) is 5.65 Å². The Labute approximate surface area is 116 Å². The molecule has 0 bridgehead atoms. The second-order valence-corrected chi connectivity index (χ2v) is 5.07. The molecule has 0 saturated carbocycles. The lowest BCUT2D eigenvalue weighted by Gasteiger charge is -2.08. The lowest BCUT2D eigenvalue weighted by atomic mass is 10.3. The molecule has 0 N–H and O–H groups in total. The molecule has 4 nitrogen and oxygen atoms in total. The molecule has 1 atom stereocenters. The van der Waals surface area contributed by atoms with Crippen LogP contribution in [-0.4, -0.2) is 14.5 Å². The van der Waals surface area contributed by atoms with Gasteiger partial charge in [-0.15, -0.1) is 11.6 Å². The van der Waals surface area contributed by atoms with Crippen molar-refractivity contribution in [3.05, 3.63) is 48.3 Å². The highest BCUT2D eigenvalue weighted by molar-refractivity contribution is 6.20. The highest BCUT2D eigenvalue weighted by atomic mass is 35.5. The summed E-state index contributed by atoms with van der Waals surface area (Å²) in [5.41, 5.74) is 1.75. The van der Waals surface area contributed by atoms with Crippen molar-refractivity contribution in [3.63, 3.8) is 0 Å². The molecule has 0 amide bonds. The number of rotatable bonds is 4. The van der Waals surface area contributed by atoms with E-state index in [0.717, 1.165) is 35.7 Å². The maximum atomic E-state index is 6.21. The Bertz CT molecular complexity index is 673. The van der Waals surface area contributed by atoms with E-state index in [1.54, 1.807) is 12.5 Å². The third kappa shape index (κ3) is 2.36. The van der Waals surface area contributed by atoms with Crippen LogP contribution in [0.1, 0.15) is 23.9 Å². The number of pyridine rings is 1. The SMILES string of the molecule is CC(Cl)c1nc2cccnc2n1CCc1ccco1. The van der Waals surface area contributed by atoms with Crippen LogP contribution < -0.4 is 0 Å². The minimum atomic E-state index is -0.147. The number of aryl methyl sites for hydroxylation is 2. The first-order valence-corrected chi connectivity index (χ1v) is 6.67. The fourth-order valence-corrected chi connectivity index (χ4v) is 2.34. The normalized spacial score (nSPS) is 12.9. The Balaban J connectivity index is 1.97. The van der Waals surface area contributed by atoms with Crippen LogP contribution in [0.4, 0.5) is 0 Å². The molecule has 0 aromatic carbocycles. The largest absolute Gasteiger partial charge is 0.469 e. The van der Waals surface area contributed by atoms with Crippen LogP contribution >= 0.6 is 11.6 Å². The van der Waals surface area contributed by atoms with Gasteiger partial charge in [-0.25, -0.2) is 9.97 Å². The molecule has 3 aromatic heterocycles. The van der Waals surface area contributed by atoms with Gasteiger partial charge in [0.05, 0.1) is 11.6 Å². The van der Waals surface area contributed by atoms with Crippen LogP contribution in [0.2, 0.25) is 0 Å². The Morgan fingerprint density at radius 3 is 3.00 bits per heavy atom. The zero-order valence-electron chi connectivity index (χ0n) is 10.6. The van der Waals surface area contributed by atoms with Crippen molar-refractivity contribution in [2.45, 2.75) is 25.3 Å². The predicted molar refractivity (Wildman–Crippen MR) is 74.2 cm³/mol. The molecule has 0 aliphatic rings. The minimum Gasteiger partial charge on any atom is -0.469 e. The van der Waals surface area contributed by atoms with Gasteiger partial charge in [0.25, 0.3) is 0 Å². The van der Waals surface area contributed by atoms with E-state index in [2.05, 4.69) is 14.5 Å². The van der Waals surface area contributed by atoms with Crippen LogP contribution in [0.5, 0.6) is 0 Å². The molecule has 5 heteroatoms. The summed E-state index contributed by atoms with van der Waals surface area (Å²) in [7, 11) is 0. The summed E-state index contributed by atoms with van der Waals surface area (Å²) < 4.78 is 7.42. The van der Waals surface area contributed by atoms with E-state index in [-0.39, 0.29) is 5.38 Å². The minimum absolute atomic E-state index is 0.147. The van der Waals surface area contributed by atoms with E-state index in [1.807, 2.05) is 31.2 Å². The van der Waals surface area contributed by atoms with Gasteiger partial charge in [0.2, 0.25) is 0 Å². The van der Waals surface area contributed by atoms with E-state index in [0.29, 0.717) is 0 Å². The number of aromatic nitrogens is 3. The maximum Gasteiger partial charge on any atom is 0.160 e. The third-order valence-corrected chi connectivity index (χ3v) is 3.25. The summed E-state index contributed by atoms with van der Waals surface area (Å²) in [6.07, 6.45) is 4.26. The third-order valence-electron chi connectivity index (χ3n) is 3.05. The van der Waals surface area contributed by atoms with Crippen molar-refractivity contribution >= 4 is 22.8 Å². The Kier molecular flexibility index (Phi) is 3.25. The highest BCUT2D eigenvalue weighted by Crippen LogP contribution is 2.23. The molecule has 0 aliphatic heterocycles. The number of furan rings is 1. The van der Waals surface area contributed by atoms with Crippen molar-refractivity contribution in [2.24, 2.45) is 0 Å². The molecule has 98 valence electrons. The summed E-state index contributed by atoms with van der Waals surface area (Å²) >= 11 is 6.21. The topological polar surface area (TPSA) is 43.9 Å². The number of halogens is 1. The second kappa shape index (κ2) is 5.05. The molecule has 0 saturated heterocycles. The smallest absolute Gasteiger partial charge is 0.160 e. The van der Waals surface area contributed by atoms with E-state index >= 15 is 0 Å². The molecular formula is C14H14ClN3O. The molecule has 0 radical (unpaired) electrons. The van der Waals surface area contributed by atoms with Crippen molar-refractivity contribution < 1.29 is 4.42 Å². The average Bonchev–Trinajstić information content (AvgIpc) is 3.03. The van der Waals surface area contributed by atoms with Gasteiger partial charge in [0.1, 0.15) is 17.1 Å². The first kappa shape index (κ1) is 12.2. The summed E-state index contributed by atoms with van der Waals surface area (Å²) in [6, 6.07) is 7.70. The number of hydrogen-bond acceptors (Lipinski definition) is 3. The molecule has 3 rings (SSSR count). The summed E-state index contributed by atoms with van der Waals surface area (Å²) in [6.45, 7) is 2.68. The van der Waals surface area contributed by atoms with Gasteiger partial charge in [-0.3, -0.25) is 0 Å². The number of imidazole rings is 1. The van der Waals surface area contributed by atoms with Crippen LogP contribution in [0.25, 0.3) is 11.2 Å². The van der Waals surface area contributed by atoms with Gasteiger partial charge in [-0.1, -0.05) is 0 Å². The monoisotopic (exact) mass is 275 g/mol. The van der Waals surface area contributed by atoms with E-state index in [4.69, 9.17) is 16.0 Å². The number of nitrogens with zero attached hydrogens (tertiary/aromatic N) is 3. The number of fused-ring (bicyclic) bond motifs is 1. The first-order chi connectivity index (χ1) is 9.25. The standard InChI is InChI=1S/C14H14ClN3O/c1-10(15)13-17-12-5-2-7-16-14(12)18(13)8-6-11-4-3-9-19-11/h2-5,7,9-10H,6,8H2,1H3. The lowest BCUT2D eigenvalue weighted by molar-refractivity contribution is 0.489. The average molecular weight is 276 g/mol. The quantitative estimate of drug-likeness (QED) is 0.684. The zero-order valence-corrected chi connectivity index (χ0v) is 11.3. The van der Waals surface area contributed by atoms with Crippen molar-refractivity contribution in [2.75, 3.05) is 0 Å². The molecule has 0 aliphatic carbocycles. The molecular weight excluding hydrogens is 262 g/mol. The van der Waals surface area contributed by atoms with Gasteiger partial charge in [-0.2, -0.15) is 0 Å². The highest BCUT2D eigenvalue weighted by Gasteiger charge is 2.15.